The highest BCUT2D eigenvalue weighted by Gasteiger charge is 2.58. The van der Waals surface area contributed by atoms with Gasteiger partial charge in [0.05, 0.1) is 6.61 Å². The molecule has 7 heteroatoms. The van der Waals surface area contributed by atoms with Crippen molar-refractivity contribution in [1.29, 1.82) is 0 Å². The molecule has 126 valence electrons. The molecule has 1 amide bonds. The van der Waals surface area contributed by atoms with Gasteiger partial charge in [0, 0.05) is 21.2 Å². The predicted octanol–water partition coefficient (Wildman–Crippen LogP) is 1.88. The Morgan fingerprint density at radius 3 is 2.35 bits per heavy atom. The molecule has 0 bridgehead atoms. The molecule has 1 aliphatic rings. The summed E-state index contributed by atoms with van der Waals surface area (Å²) in [5, 5.41) is 20.3. The van der Waals surface area contributed by atoms with Crippen molar-refractivity contribution in [3.8, 4) is 0 Å². The normalized spacial score (nSPS) is 21.9. The quantitative estimate of drug-likeness (QED) is 0.712. The van der Waals surface area contributed by atoms with E-state index in [0.717, 1.165) is 3.57 Å². The third-order valence-electron chi connectivity index (χ3n) is 4.08. The van der Waals surface area contributed by atoms with Crippen LogP contribution in [0.1, 0.15) is 20.8 Å². The van der Waals surface area contributed by atoms with Gasteiger partial charge in [-0.2, -0.15) is 0 Å². The number of aliphatic carboxylic acids is 1. The first-order chi connectivity index (χ1) is 10.6. The van der Waals surface area contributed by atoms with Gasteiger partial charge in [0.15, 0.2) is 6.10 Å². The van der Waals surface area contributed by atoms with E-state index in [1.807, 2.05) is 12.1 Å². The van der Waals surface area contributed by atoms with Crippen molar-refractivity contribution in [2.24, 2.45) is 5.41 Å². The summed E-state index contributed by atoms with van der Waals surface area (Å²) in [5.74, 6) is -2.01. The fraction of sp³-hybridized carbons (Fsp3) is 0.500. The molecule has 2 N–H and O–H groups in total. The average Bonchev–Trinajstić information content (AvgIpc) is 2.46. The number of benzene rings is 1. The van der Waals surface area contributed by atoms with Crippen LogP contribution in [0, 0.1) is 8.99 Å². The van der Waals surface area contributed by atoms with Gasteiger partial charge in [0.2, 0.25) is 5.60 Å². The first kappa shape index (κ1) is 18.2. The third-order valence-corrected chi connectivity index (χ3v) is 4.80. The molecule has 0 unspecified atom stereocenters. The predicted molar refractivity (Wildman–Crippen MR) is 93.3 cm³/mol. The van der Waals surface area contributed by atoms with Crippen molar-refractivity contribution in [2.45, 2.75) is 32.5 Å². The van der Waals surface area contributed by atoms with E-state index >= 15 is 0 Å². The van der Waals surface area contributed by atoms with E-state index in [9.17, 15) is 19.8 Å². The molecular weight excluding hydrogens is 413 g/mol. The first-order valence-electron chi connectivity index (χ1n) is 7.23. The lowest BCUT2D eigenvalue weighted by molar-refractivity contribution is -0.203. The fourth-order valence-electron chi connectivity index (χ4n) is 2.59. The van der Waals surface area contributed by atoms with Crippen molar-refractivity contribution >= 4 is 40.2 Å². The maximum absolute atomic E-state index is 12.8. The number of rotatable bonds is 3. The molecule has 6 nitrogen and oxygen atoms in total. The smallest absolute Gasteiger partial charge is 0.339 e. The number of amides is 1. The van der Waals surface area contributed by atoms with Crippen LogP contribution in [0.15, 0.2) is 24.3 Å². The van der Waals surface area contributed by atoms with E-state index in [2.05, 4.69) is 22.6 Å². The van der Waals surface area contributed by atoms with Crippen molar-refractivity contribution in [2.75, 3.05) is 18.1 Å². The Labute approximate surface area is 148 Å². The molecule has 1 saturated heterocycles. The van der Waals surface area contributed by atoms with E-state index in [0.29, 0.717) is 12.2 Å². The van der Waals surface area contributed by atoms with Crippen LogP contribution in [0.5, 0.6) is 0 Å². The summed E-state index contributed by atoms with van der Waals surface area (Å²) < 4.78 is 6.42. The molecule has 0 spiro atoms. The molecule has 0 aromatic heterocycles. The van der Waals surface area contributed by atoms with Crippen LogP contribution >= 0.6 is 22.6 Å². The van der Waals surface area contributed by atoms with Gasteiger partial charge in [-0.15, -0.1) is 0 Å². The second kappa shape index (κ2) is 6.37. The summed E-state index contributed by atoms with van der Waals surface area (Å²) in [6.07, 6.45) is -1.45. The van der Waals surface area contributed by atoms with Crippen LogP contribution < -0.4 is 4.90 Å². The molecule has 2 atom stereocenters. The Balaban J connectivity index is 2.39. The first-order valence-corrected chi connectivity index (χ1v) is 8.31. The number of hydrogen-bond acceptors (Lipinski definition) is 4. The Kier molecular flexibility index (Phi) is 5.03. The Morgan fingerprint density at radius 2 is 1.87 bits per heavy atom. The number of nitrogens with zero attached hydrogens (tertiary/aromatic N) is 1. The topological polar surface area (TPSA) is 87.1 Å². The molecule has 2 rings (SSSR count). The van der Waals surface area contributed by atoms with Gasteiger partial charge in [-0.3, -0.25) is 4.79 Å². The number of halogens is 1. The average molecular weight is 433 g/mol. The second-order valence-electron chi connectivity index (χ2n) is 6.54. The number of hydrogen-bond donors (Lipinski definition) is 2. The fourth-order valence-corrected chi connectivity index (χ4v) is 2.95. The van der Waals surface area contributed by atoms with Crippen molar-refractivity contribution in [3.05, 3.63) is 27.8 Å². The summed E-state index contributed by atoms with van der Waals surface area (Å²) in [7, 11) is 0. The minimum Gasteiger partial charge on any atom is -0.479 e. The molecule has 1 aromatic carbocycles. The number of anilines is 1. The number of carbonyl (C=O) groups is 2. The molecule has 1 heterocycles. The molecule has 0 aliphatic carbocycles. The highest BCUT2D eigenvalue weighted by atomic mass is 127. The van der Waals surface area contributed by atoms with E-state index in [-0.39, 0.29) is 6.61 Å². The van der Waals surface area contributed by atoms with Gasteiger partial charge in [0.1, 0.15) is 0 Å². The van der Waals surface area contributed by atoms with E-state index in [1.54, 1.807) is 32.9 Å². The molecule has 1 aromatic rings. The van der Waals surface area contributed by atoms with Crippen molar-refractivity contribution in [1.82, 2.24) is 0 Å². The van der Waals surface area contributed by atoms with Crippen molar-refractivity contribution < 1.29 is 24.5 Å². The number of morpholine rings is 1. The van der Waals surface area contributed by atoms with Crippen LogP contribution in [0.3, 0.4) is 0 Å². The Hall–Kier alpha value is -1.19. The minimum atomic E-state index is -2.31. The molecule has 1 fully saturated rings. The zero-order valence-corrected chi connectivity index (χ0v) is 15.4. The van der Waals surface area contributed by atoms with Gasteiger partial charge < -0.3 is 19.8 Å². The van der Waals surface area contributed by atoms with Gasteiger partial charge in [-0.25, -0.2) is 4.79 Å². The molecule has 0 saturated carbocycles. The summed E-state index contributed by atoms with van der Waals surface area (Å²) in [6.45, 7) is 5.19. The van der Waals surface area contributed by atoms with E-state index in [1.165, 1.54) is 4.90 Å². The van der Waals surface area contributed by atoms with Crippen LogP contribution in [-0.4, -0.2) is 46.9 Å². The Bertz CT molecular complexity index is 610. The summed E-state index contributed by atoms with van der Waals surface area (Å²) in [6, 6.07) is 7.31. The number of aliphatic hydroxyl groups is 1. The summed E-state index contributed by atoms with van der Waals surface area (Å²) >= 11 is 2.16. The van der Waals surface area contributed by atoms with Crippen LogP contribution in [0.2, 0.25) is 0 Å². The van der Waals surface area contributed by atoms with Gasteiger partial charge in [-0.1, -0.05) is 20.8 Å². The molecule has 23 heavy (non-hydrogen) atoms. The monoisotopic (exact) mass is 433 g/mol. The maximum Gasteiger partial charge on any atom is 0.339 e. The molecular formula is C16H20INO5. The summed E-state index contributed by atoms with van der Waals surface area (Å²) in [4.78, 5) is 25.9. The number of ether oxygens (including phenoxy) is 1. The standard InChI is InChI=1S/C16H20INO5/c1-15(2,3)16(22,14(20)21)12-13(19)18(8-9-23-12)11-6-4-10(17)5-7-11/h4-7,12,22H,8-9H2,1-3H3,(H,20,21)/t12-,16+/m0/s1. The SMILES string of the molecule is CC(C)(C)[C@](O)(C(=O)O)[C@H]1OCCN(c2ccc(I)cc2)C1=O. The molecule has 0 radical (unpaired) electrons. The van der Waals surface area contributed by atoms with Crippen LogP contribution in [0.4, 0.5) is 5.69 Å². The van der Waals surface area contributed by atoms with Crippen LogP contribution in [-0.2, 0) is 14.3 Å². The van der Waals surface area contributed by atoms with Gasteiger partial charge >= 0.3 is 5.97 Å². The number of carboxylic acid groups (broad SMARTS) is 1. The number of carboxylic acids is 1. The van der Waals surface area contributed by atoms with Gasteiger partial charge in [-0.05, 0) is 46.9 Å². The van der Waals surface area contributed by atoms with Crippen LogP contribution in [0.25, 0.3) is 0 Å². The van der Waals surface area contributed by atoms with Gasteiger partial charge in [0.25, 0.3) is 5.91 Å². The Morgan fingerprint density at radius 1 is 1.30 bits per heavy atom. The lowest BCUT2D eigenvalue weighted by Gasteiger charge is -2.44. The third kappa shape index (κ3) is 3.22. The van der Waals surface area contributed by atoms with E-state index in [4.69, 9.17) is 4.74 Å². The molecule has 1 aliphatic heterocycles. The zero-order chi connectivity index (χ0) is 17.4. The largest absolute Gasteiger partial charge is 0.479 e. The minimum absolute atomic E-state index is 0.161. The maximum atomic E-state index is 12.8. The summed E-state index contributed by atoms with van der Waals surface area (Å²) in [5.41, 5.74) is -2.73. The lowest BCUT2D eigenvalue weighted by Crippen LogP contribution is -2.66. The zero-order valence-electron chi connectivity index (χ0n) is 13.2. The second-order valence-corrected chi connectivity index (χ2v) is 7.78. The highest BCUT2D eigenvalue weighted by molar-refractivity contribution is 14.1. The highest BCUT2D eigenvalue weighted by Crippen LogP contribution is 2.37. The number of carbonyl (C=O) groups excluding carboxylic acids is 1. The van der Waals surface area contributed by atoms with Crippen molar-refractivity contribution in [3.63, 3.8) is 0 Å². The van der Waals surface area contributed by atoms with E-state index < -0.39 is 29.0 Å². The lowest BCUT2D eigenvalue weighted by atomic mass is 9.72.